The quantitative estimate of drug-likeness (QED) is 0.805. The first-order chi connectivity index (χ1) is 11.5. The van der Waals surface area contributed by atoms with E-state index in [2.05, 4.69) is 29.1 Å². The Balaban J connectivity index is 2.25. The smallest absolute Gasteiger partial charge is 0.272 e. The Morgan fingerprint density at radius 2 is 1.88 bits per heavy atom. The first kappa shape index (κ1) is 18.2. The molecule has 1 aromatic carbocycles. The summed E-state index contributed by atoms with van der Waals surface area (Å²) in [5.74, 6) is 0.340. The molecule has 2 rings (SSSR count). The van der Waals surface area contributed by atoms with Gasteiger partial charge in [-0.1, -0.05) is 31.5 Å². The van der Waals surface area contributed by atoms with Crippen molar-refractivity contribution in [3.05, 3.63) is 46.7 Å². The number of nitrogens with zero attached hydrogens (tertiary/aromatic N) is 3. The maximum absolute atomic E-state index is 12.7. The number of aromatic nitrogens is 2. The van der Waals surface area contributed by atoms with Crippen molar-refractivity contribution in [2.45, 2.75) is 33.6 Å². The summed E-state index contributed by atoms with van der Waals surface area (Å²) >= 11 is 5.99. The van der Waals surface area contributed by atoms with Gasteiger partial charge in [0.25, 0.3) is 5.91 Å². The van der Waals surface area contributed by atoms with E-state index in [0.29, 0.717) is 16.7 Å². The minimum absolute atomic E-state index is 0.0571. The van der Waals surface area contributed by atoms with Crippen molar-refractivity contribution in [1.82, 2.24) is 14.9 Å². The summed E-state index contributed by atoms with van der Waals surface area (Å²) in [5.41, 5.74) is 1.94. The zero-order valence-corrected chi connectivity index (χ0v) is 15.1. The zero-order valence-electron chi connectivity index (χ0n) is 14.3. The number of amides is 1. The van der Waals surface area contributed by atoms with Crippen LogP contribution >= 0.6 is 11.6 Å². The van der Waals surface area contributed by atoms with Gasteiger partial charge in [0, 0.05) is 29.5 Å². The summed E-state index contributed by atoms with van der Waals surface area (Å²) in [6.07, 6.45) is 1.84. The van der Waals surface area contributed by atoms with E-state index in [1.54, 1.807) is 18.2 Å². The van der Waals surface area contributed by atoms with Crippen molar-refractivity contribution in [3.63, 3.8) is 0 Å². The van der Waals surface area contributed by atoms with Crippen molar-refractivity contribution >= 4 is 29.1 Å². The number of carbonyl (C=O) groups is 1. The molecule has 24 heavy (non-hydrogen) atoms. The van der Waals surface area contributed by atoms with Crippen molar-refractivity contribution in [1.29, 1.82) is 0 Å². The maximum Gasteiger partial charge on any atom is 0.272 e. The van der Waals surface area contributed by atoms with Crippen LogP contribution in [0.3, 0.4) is 0 Å². The Labute approximate surface area is 148 Å². The van der Waals surface area contributed by atoms with Crippen molar-refractivity contribution in [2.75, 3.05) is 18.4 Å². The summed E-state index contributed by atoms with van der Waals surface area (Å²) in [4.78, 5) is 23.3. The summed E-state index contributed by atoms with van der Waals surface area (Å²) < 4.78 is 0. The Bertz CT molecular complexity index is 699. The molecule has 0 aliphatic carbocycles. The third-order valence-corrected chi connectivity index (χ3v) is 3.66. The van der Waals surface area contributed by atoms with Crippen molar-refractivity contribution in [3.8, 4) is 0 Å². The summed E-state index contributed by atoms with van der Waals surface area (Å²) in [6.45, 7) is 7.44. The van der Waals surface area contributed by atoms with E-state index in [0.717, 1.165) is 37.3 Å². The van der Waals surface area contributed by atoms with E-state index in [-0.39, 0.29) is 5.91 Å². The molecule has 1 aromatic heterocycles. The average Bonchev–Trinajstić information content (AvgIpc) is 2.53. The van der Waals surface area contributed by atoms with Crippen LogP contribution in [0.4, 0.5) is 11.6 Å². The second-order valence-corrected chi connectivity index (χ2v) is 6.08. The minimum atomic E-state index is -0.0571. The van der Waals surface area contributed by atoms with Crippen LogP contribution < -0.4 is 5.32 Å². The molecule has 0 radical (unpaired) electrons. The second kappa shape index (κ2) is 8.64. The van der Waals surface area contributed by atoms with Crippen LogP contribution in [0, 0.1) is 6.92 Å². The van der Waals surface area contributed by atoms with Crippen molar-refractivity contribution < 1.29 is 4.79 Å². The van der Waals surface area contributed by atoms with Gasteiger partial charge in [0.05, 0.1) is 0 Å². The molecule has 0 saturated heterocycles. The maximum atomic E-state index is 12.7. The van der Waals surface area contributed by atoms with Gasteiger partial charge in [-0.15, -0.1) is 0 Å². The lowest BCUT2D eigenvalue weighted by molar-refractivity contribution is 0.0749. The number of hydrogen-bond donors (Lipinski definition) is 1. The predicted molar refractivity (Wildman–Crippen MR) is 98.0 cm³/mol. The van der Waals surface area contributed by atoms with E-state index in [1.165, 1.54) is 0 Å². The monoisotopic (exact) mass is 346 g/mol. The van der Waals surface area contributed by atoms with E-state index in [4.69, 9.17) is 11.6 Å². The Kier molecular flexibility index (Phi) is 6.55. The minimum Gasteiger partial charge on any atom is -0.337 e. The molecule has 1 N–H and O–H groups in total. The van der Waals surface area contributed by atoms with Gasteiger partial charge in [-0.05, 0) is 44.0 Å². The molecule has 128 valence electrons. The number of halogens is 1. The molecule has 1 amide bonds. The van der Waals surface area contributed by atoms with Crippen LogP contribution in [0.5, 0.6) is 0 Å². The number of aryl methyl sites for hydroxylation is 1. The lowest BCUT2D eigenvalue weighted by Crippen LogP contribution is -2.33. The molecule has 0 aliphatic heterocycles. The van der Waals surface area contributed by atoms with Gasteiger partial charge in [0.2, 0.25) is 5.95 Å². The first-order valence-electron chi connectivity index (χ1n) is 8.21. The van der Waals surface area contributed by atoms with Gasteiger partial charge < -0.3 is 10.2 Å². The van der Waals surface area contributed by atoms with E-state index in [9.17, 15) is 4.79 Å². The Morgan fingerprint density at radius 3 is 2.50 bits per heavy atom. The average molecular weight is 347 g/mol. The highest BCUT2D eigenvalue weighted by atomic mass is 35.5. The fraction of sp³-hybridized carbons (Fsp3) is 0.389. The van der Waals surface area contributed by atoms with Gasteiger partial charge in [-0.3, -0.25) is 4.79 Å². The number of nitrogens with one attached hydrogen (secondary N) is 1. The number of carbonyl (C=O) groups excluding carboxylic acids is 1. The highest BCUT2D eigenvalue weighted by Gasteiger charge is 2.17. The summed E-state index contributed by atoms with van der Waals surface area (Å²) in [5, 5.41) is 3.73. The molecule has 0 fully saturated rings. The topological polar surface area (TPSA) is 58.1 Å². The number of hydrogen-bond acceptors (Lipinski definition) is 4. The normalized spacial score (nSPS) is 10.5. The number of rotatable bonds is 7. The third kappa shape index (κ3) is 4.93. The van der Waals surface area contributed by atoms with Crippen LogP contribution in [-0.4, -0.2) is 33.9 Å². The number of anilines is 2. The van der Waals surface area contributed by atoms with Crippen LogP contribution in [-0.2, 0) is 0 Å². The summed E-state index contributed by atoms with van der Waals surface area (Å²) in [7, 11) is 0. The van der Waals surface area contributed by atoms with Crippen LogP contribution in [0.2, 0.25) is 5.02 Å². The largest absolute Gasteiger partial charge is 0.337 e. The predicted octanol–water partition coefficient (Wildman–Crippen LogP) is 4.44. The molecule has 0 aliphatic rings. The van der Waals surface area contributed by atoms with E-state index >= 15 is 0 Å². The molecule has 0 spiro atoms. The highest BCUT2D eigenvalue weighted by Crippen LogP contribution is 2.19. The molecular formula is C18H23ClN4O. The lowest BCUT2D eigenvalue weighted by Gasteiger charge is -2.21. The molecule has 0 unspecified atom stereocenters. The van der Waals surface area contributed by atoms with Crippen LogP contribution in [0.15, 0.2) is 30.3 Å². The SMILES string of the molecule is CCCN(CCC)C(=O)c1cc(C)nc(Nc2cccc(Cl)c2)n1. The molecule has 2 aromatic rings. The molecular weight excluding hydrogens is 324 g/mol. The van der Waals surface area contributed by atoms with E-state index < -0.39 is 0 Å². The van der Waals surface area contributed by atoms with Gasteiger partial charge in [-0.25, -0.2) is 9.97 Å². The zero-order chi connectivity index (χ0) is 17.5. The van der Waals surface area contributed by atoms with Crippen molar-refractivity contribution in [2.24, 2.45) is 0 Å². The van der Waals surface area contributed by atoms with Gasteiger partial charge >= 0.3 is 0 Å². The first-order valence-corrected chi connectivity index (χ1v) is 8.58. The number of benzene rings is 1. The van der Waals surface area contributed by atoms with Gasteiger partial charge in [-0.2, -0.15) is 0 Å². The molecule has 5 nitrogen and oxygen atoms in total. The fourth-order valence-corrected chi connectivity index (χ4v) is 2.64. The molecule has 0 bridgehead atoms. The standard InChI is InChI=1S/C18H23ClN4O/c1-4-9-23(10-5-2)17(24)16-11-13(3)20-18(22-16)21-15-8-6-7-14(19)12-15/h6-8,11-12H,4-5,9-10H2,1-3H3,(H,20,21,22). The highest BCUT2D eigenvalue weighted by molar-refractivity contribution is 6.30. The van der Waals surface area contributed by atoms with Gasteiger partial charge in [0.15, 0.2) is 0 Å². The third-order valence-electron chi connectivity index (χ3n) is 3.43. The molecule has 0 saturated carbocycles. The lowest BCUT2D eigenvalue weighted by atomic mass is 10.2. The van der Waals surface area contributed by atoms with Gasteiger partial charge in [0.1, 0.15) is 5.69 Å². The van der Waals surface area contributed by atoms with E-state index in [1.807, 2.05) is 24.0 Å². The second-order valence-electron chi connectivity index (χ2n) is 5.65. The Morgan fingerprint density at radius 1 is 1.17 bits per heavy atom. The van der Waals surface area contributed by atoms with Crippen LogP contribution in [0.1, 0.15) is 42.9 Å². The Hall–Kier alpha value is -2.14. The fourth-order valence-electron chi connectivity index (χ4n) is 2.45. The summed E-state index contributed by atoms with van der Waals surface area (Å²) in [6, 6.07) is 9.03. The molecule has 1 heterocycles. The van der Waals surface area contributed by atoms with Crippen LogP contribution in [0.25, 0.3) is 0 Å². The molecule has 0 atom stereocenters. The molecule has 6 heteroatoms.